The largest absolute Gasteiger partial charge is 0.397 e. The number of nitrogens with zero attached hydrogens (tertiary/aromatic N) is 2. The summed E-state index contributed by atoms with van der Waals surface area (Å²) in [7, 11) is 2.11. The van der Waals surface area contributed by atoms with Crippen LogP contribution in [0.5, 0.6) is 0 Å². The predicted octanol–water partition coefficient (Wildman–Crippen LogP) is 2.01. The maximum absolute atomic E-state index is 12.4. The summed E-state index contributed by atoms with van der Waals surface area (Å²) in [6, 6.07) is 4.10. The zero-order valence-corrected chi connectivity index (χ0v) is 13.2. The van der Waals surface area contributed by atoms with Crippen LogP contribution in [0.4, 0.5) is 5.69 Å². The summed E-state index contributed by atoms with van der Waals surface area (Å²) in [5.41, 5.74) is 7.60. The van der Waals surface area contributed by atoms with Gasteiger partial charge >= 0.3 is 0 Å². The Labute approximate surface area is 128 Å². The van der Waals surface area contributed by atoms with E-state index in [1.54, 1.807) is 0 Å². The lowest BCUT2D eigenvalue weighted by Gasteiger charge is -2.29. The SMILES string of the molecule is Cc1ccc2c(N)c(C(=O)NC3CCN(C)CC3)sc2n1. The maximum Gasteiger partial charge on any atom is 0.263 e. The number of carbonyl (C=O) groups is 1. The van der Waals surface area contributed by atoms with Crippen LogP contribution in [0.25, 0.3) is 10.2 Å². The quantitative estimate of drug-likeness (QED) is 0.890. The number of carbonyl (C=O) groups excluding carboxylic acids is 1. The molecule has 1 fully saturated rings. The van der Waals surface area contributed by atoms with Crippen LogP contribution in [-0.2, 0) is 0 Å². The molecule has 0 atom stereocenters. The van der Waals surface area contributed by atoms with Crippen molar-refractivity contribution < 1.29 is 4.79 Å². The van der Waals surface area contributed by atoms with Crippen LogP contribution in [0.15, 0.2) is 12.1 Å². The summed E-state index contributed by atoms with van der Waals surface area (Å²) < 4.78 is 0. The lowest BCUT2D eigenvalue weighted by Crippen LogP contribution is -2.43. The summed E-state index contributed by atoms with van der Waals surface area (Å²) in [4.78, 5) is 20.6. The Morgan fingerprint density at radius 3 is 2.86 bits per heavy atom. The molecule has 0 spiro atoms. The number of aromatic nitrogens is 1. The van der Waals surface area contributed by atoms with Gasteiger partial charge in [-0.05, 0) is 52.0 Å². The van der Waals surface area contributed by atoms with Gasteiger partial charge in [-0.1, -0.05) is 0 Å². The second-order valence-electron chi connectivity index (χ2n) is 5.70. The molecule has 0 bridgehead atoms. The van der Waals surface area contributed by atoms with Gasteiger partial charge in [0.1, 0.15) is 9.71 Å². The lowest BCUT2D eigenvalue weighted by molar-refractivity contribution is 0.0922. The van der Waals surface area contributed by atoms with E-state index in [2.05, 4.69) is 22.2 Å². The Morgan fingerprint density at radius 1 is 1.43 bits per heavy atom. The van der Waals surface area contributed by atoms with Crippen LogP contribution < -0.4 is 11.1 Å². The molecular formula is C15H20N4OS. The number of aryl methyl sites for hydroxylation is 1. The number of nitrogens with two attached hydrogens (primary N) is 1. The highest BCUT2D eigenvalue weighted by Crippen LogP contribution is 2.32. The number of nitrogens with one attached hydrogen (secondary N) is 1. The summed E-state index contributed by atoms with van der Waals surface area (Å²) in [5.74, 6) is -0.0669. The van der Waals surface area contributed by atoms with E-state index in [9.17, 15) is 4.79 Å². The second-order valence-corrected chi connectivity index (χ2v) is 6.70. The summed E-state index contributed by atoms with van der Waals surface area (Å²) in [5, 5.41) is 3.98. The molecule has 112 valence electrons. The molecule has 0 aliphatic carbocycles. The zero-order chi connectivity index (χ0) is 15.0. The Morgan fingerprint density at radius 2 is 2.14 bits per heavy atom. The molecule has 0 unspecified atom stereocenters. The van der Waals surface area contributed by atoms with Crippen LogP contribution in [0, 0.1) is 6.92 Å². The van der Waals surface area contributed by atoms with Crippen molar-refractivity contribution >= 4 is 33.1 Å². The molecule has 1 aliphatic rings. The highest BCUT2D eigenvalue weighted by molar-refractivity contribution is 7.21. The molecule has 3 N–H and O–H groups in total. The second kappa shape index (κ2) is 5.61. The molecule has 0 radical (unpaired) electrons. The fourth-order valence-electron chi connectivity index (χ4n) is 2.66. The number of pyridine rings is 1. The fraction of sp³-hybridized carbons (Fsp3) is 0.467. The normalized spacial score (nSPS) is 17.2. The van der Waals surface area contributed by atoms with Crippen LogP contribution in [0.3, 0.4) is 0 Å². The molecule has 3 rings (SSSR count). The monoisotopic (exact) mass is 304 g/mol. The van der Waals surface area contributed by atoms with Gasteiger partial charge < -0.3 is 16.0 Å². The van der Waals surface area contributed by atoms with E-state index < -0.39 is 0 Å². The van der Waals surface area contributed by atoms with Crippen molar-refractivity contribution in [2.75, 3.05) is 25.9 Å². The number of thiophene rings is 1. The maximum atomic E-state index is 12.4. The molecule has 0 saturated carbocycles. The van der Waals surface area contributed by atoms with Crippen LogP contribution in [0.1, 0.15) is 28.2 Å². The van der Waals surface area contributed by atoms with Gasteiger partial charge in [0.15, 0.2) is 0 Å². The van der Waals surface area contributed by atoms with Gasteiger partial charge in [0.2, 0.25) is 0 Å². The first kappa shape index (κ1) is 14.3. The van der Waals surface area contributed by atoms with E-state index >= 15 is 0 Å². The standard InChI is InChI=1S/C15H20N4OS/c1-9-3-4-11-12(16)13(21-15(11)17-9)14(20)18-10-5-7-19(2)8-6-10/h3-4,10H,5-8,16H2,1-2H3,(H,18,20). The summed E-state index contributed by atoms with van der Waals surface area (Å²) in [6.45, 7) is 3.98. The summed E-state index contributed by atoms with van der Waals surface area (Å²) >= 11 is 1.38. The highest BCUT2D eigenvalue weighted by atomic mass is 32.1. The number of nitrogen functional groups attached to an aromatic ring is 1. The molecule has 0 aromatic carbocycles. The minimum Gasteiger partial charge on any atom is -0.397 e. The van der Waals surface area contributed by atoms with Crippen molar-refractivity contribution in [3.8, 4) is 0 Å². The third-order valence-electron chi connectivity index (χ3n) is 3.99. The van der Waals surface area contributed by atoms with Crippen LogP contribution in [0.2, 0.25) is 0 Å². The number of hydrogen-bond acceptors (Lipinski definition) is 5. The van der Waals surface area contributed by atoms with Crippen LogP contribution >= 0.6 is 11.3 Å². The van der Waals surface area contributed by atoms with E-state index in [1.165, 1.54) is 11.3 Å². The molecule has 2 aromatic heterocycles. The number of anilines is 1. The molecular weight excluding hydrogens is 284 g/mol. The van der Waals surface area contributed by atoms with Gasteiger partial charge in [-0.2, -0.15) is 0 Å². The van der Waals surface area contributed by atoms with Crippen molar-refractivity contribution in [3.63, 3.8) is 0 Å². The first-order valence-corrected chi connectivity index (χ1v) is 8.01. The van der Waals surface area contributed by atoms with Crippen molar-refractivity contribution in [1.82, 2.24) is 15.2 Å². The van der Waals surface area contributed by atoms with Gasteiger partial charge in [0.25, 0.3) is 5.91 Å². The first-order chi connectivity index (χ1) is 10.0. The van der Waals surface area contributed by atoms with E-state index in [0.717, 1.165) is 41.8 Å². The summed E-state index contributed by atoms with van der Waals surface area (Å²) in [6.07, 6.45) is 1.98. The molecule has 1 aliphatic heterocycles. The van der Waals surface area contributed by atoms with Gasteiger partial charge in [-0.25, -0.2) is 4.98 Å². The lowest BCUT2D eigenvalue weighted by atomic mass is 10.1. The van der Waals surface area contributed by atoms with Crippen molar-refractivity contribution in [1.29, 1.82) is 0 Å². The first-order valence-electron chi connectivity index (χ1n) is 7.19. The number of amides is 1. The number of likely N-dealkylation sites (tertiary alicyclic amines) is 1. The molecule has 3 heterocycles. The van der Waals surface area contributed by atoms with E-state index in [0.29, 0.717) is 10.6 Å². The molecule has 2 aromatic rings. The van der Waals surface area contributed by atoms with Gasteiger partial charge in [-0.15, -0.1) is 11.3 Å². The number of rotatable bonds is 2. The third-order valence-corrected chi connectivity index (χ3v) is 5.11. The molecule has 21 heavy (non-hydrogen) atoms. The number of hydrogen-bond donors (Lipinski definition) is 2. The molecule has 1 amide bonds. The average Bonchev–Trinajstić information content (AvgIpc) is 2.78. The van der Waals surface area contributed by atoms with E-state index in [4.69, 9.17) is 5.73 Å². The topological polar surface area (TPSA) is 71.2 Å². The van der Waals surface area contributed by atoms with E-state index in [1.807, 2.05) is 19.1 Å². The average molecular weight is 304 g/mol. The van der Waals surface area contributed by atoms with Gasteiger partial charge in [0.05, 0.1) is 5.69 Å². The van der Waals surface area contributed by atoms with Gasteiger partial charge in [-0.3, -0.25) is 4.79 Å². The molecule has 5 nitrogen and oxygen atoms in total. The zero-order valence-electron chi connectivity index (χ0n) is 12.3. The van der Waals surface area contributed by atoms with Crippen molar-refractivity contribution in [2.45, 2.75) is 25.8 Å². The minimum absolute atomic E-state index is 0.0669. The smallest absolute Gasteiger partial charge is 0.263 e. The number of piperidine rings is 1. The Hall–Kier alpha value is -1.66. The Balaban J connectivity index is 1.80. The van der Waals surface area contributed by atoms with E-state index in [-0.39, 0.29) is 11.9 Å². The number of fused-ring (bicyclic) bond motifs is 1. The van der Waals surface area contributed by atoms with Crippen LogP contribution in [-0.4, -0.2) is 42.0 Å². The highest BCUT2D eigenvalue weighted by Gasteiger charge is 2.22. The Bertz CT molecular complexity index is 674. The predicted molar refractivity (Wildman–Crippen MR) is 86.8 cm³/mol. The molecule has 6 heteroatoms. The minimum atomic E-state index is -0.0669. The third kappa shape index (κ3) is 2.87. The van der Waals surface area contributed by atoms with Gasteiger partial charge in [0, 0.05) is 17.1 Å². The Kier molecular flexibility index (Phi) is 3.82. The molecule has 1 saturated heterocycles. The van der Waals surface area contributed by atoms with Crippen molar-refractivity contribution in [2.24, 2.45) is 0 Å². The van der Waals surface area contributed by atoms with Crippen molar-refractivity contribution in [3.05, 3.63) is 22.7 Å². The fourth-order valence-corrected chi connectivity index (χ4v) is 3.70.